The first-order valence-electron chi connectivity index (χ1n) is 8.67. The number of primary amides is 1. The number of amides is 1. The summed E-state index contributed by atoms with van der Waals surface area (Å²) in [7, 11) is 0. The van der Waals surface area contributed by atoms with Crippen LogP contribution in [0.15, 0.2) is 0 Å². The van der Waals surface area contributed by atoms with Gasteiger partial charge in [0.1, 0.15) is 0 Å². The largest absolute Gasteiger partial charge is 0.368 e. The Balaban J connectivity index is 2.70. The molecule has 4 nitrogen and oxygen atoms in total. The van der Waals surface area contributed by atoms with E-state index in [1.807, 2.05) is 6.92 Å². The van der Waals surface area contributed by atoms with Crippen molar-refractivity contribution in [3.05, 3.63) is 0 Å². The molecule has 1 aliphatic rings. The Kier molecular flexibility index (Phi) is 7.14. The summed E-state index contributed by atoms with van der Waals surface area (Å²) >= 11 is 0. The van der Waals surface area contributed by atoms with Crippen LogP contribution in [0.4, 0.5) is 0 Å². The lowest BCUT2D eigenvalue weighted by Gasteiger charge is -2.39. The standard InChI is InChI=1S/C17H35N3O/c1-6-8-11-20(13(3)7-2)14(4)12-17(5,16(18)21)19-15-9-10-15/h13-15,19H,6-12H2,1-5H3,(H2,18,21). The number of unbranched alkanes of at least 4 members (excludes halogenated alkanes) is 1. The van der Waals surface area contributed by atoms with Gasteiger partial charge in [-0.2, -0.15) is 0 Å². The maximum absolute atomic E-state index is 11.9. The zero-order chi connectivity index (χ0) is 16.0. The average Bonchev–Trinajstić information content (AvgIpc) is 3.22. The fourth-order valence-electron chi connectivity index (χ4n) is 3.07. The molecule has 1 fully saturated rings. The molecule has 1 aliphatic carbocycles. The number of nitrogens with zero attached hydrogens (tertiary/aromatic N) is 1. The van der Waals surface area contributed by atoms with E-state index in [1.54, 1.807) is 0 Å². The Morgan fingerprint density at radius 3 is 2.38 bits per heavy atom. The van der Waals surface area contributed by atoms with Gasteiger partial charge >= 0.3 is 0 Å². The molecule has 0 saturated heterocycles. The first-order chi connectivity index (χ1) is 9.84. The number of carbonyl (C=O) groups excluding carboxylic acids is 1. The van der Waals surface area contributed by atoms with Crippen molar-refractivity contribution in [1.29, 1.82) is 0 Å². The molecule has 0 heterocycles. The van der Waals surface area contributed by atoms with Crippen molar-refractivity contribution in [2.75, 3.05) is 6.54 Å². The summed E-state index contributed by atoms with van der Waals surface area (Å²) in [5, 5.41) is 3.46. The van der Waals surface area contributed by atoms with Gasteiger partial charge in [-0.3, -0.25) is 9.69 Å². The fourth-order valence-corrected chi connectivity index (χ4v) is 3.07. The van der Waals surface area contributed by atoms with Crippen LogP contribution in [0.5, 0.6) is 0 Å². The maximum Gasteiger partial charge on any atom is 0.237 e. The molecule has 3 unspecified atom stereocenters. The molecule has 0 aromatic rings. The van der Waals surface area contributed by atoms with Gasteiger partial charge in [-0.25, -0.2) is 0 Å². The highest BCUT2D eigenvalue weighted by Gasteiger charge is 2.39. The quantitative estimate of drug-likeness (QED) is 0.616. The van der Waals surface area contributed by atoms with E-state index in [4.69, 9.17) is 5.73 Å². The molecule has 4 heteroatoms. The molecular weight excluding hydrogens is 262 g/mol. The number of rotatable bonds is 11. The average molecular weight is 297 g/mol. The molecule has 0 aromatic heterocycles. The smallest absolute Gasteiger partial charge is 0.237 e. The van der Waals surface area contributed by atoms with Gasteiger partial charge in [-0.05, 0) is 59.4 Å². The summed E-state index contributed by atoms with van der Waals surface area (Å²) in [6.45, 7) is 12.0. The second kappa shape index (κ2) is 8.14. The van der Waals surface area contributed by atoms with Gasteiger partial charge in [-0.15, -0.1) is 0 Å². The van der Waals surface area contributed by atoms with Crippen LogP contribution in [0, 0.1) is 0 Å². The lowest BCUT2D eigenvalue weighted by Crippen LogP contribution is -2.57. The Bertz CT molecular complexity index is 330. The van der Waals surface area contributed by atoms with Crippen LogP contribution in [0.25, 0.3) is 0 Å². The van der Waals surface area contributed by atoms with E-state index in [0.717, 1.165) is 19.4 Å². The van der Waals surface area contributed by atoms with E-state index in [9.17, 15) is 4.79 Å². The Morgan fingerprint density at radius 2 is 1.95 bits per heavy atom. The third-order valence-corrected chi connectivity index (χ3v) is 4.84. The van der Waals surface area contributed by atoms with Crippen molar-refractivity contribution in [2.24, 2.45) is 5.73 Å². The normalized spacial score (nSPS) is 21.0. The number of hydrogen-bond acceptors (Lipinski definition) is 3. The number of hydrogen-bond donors (Lipinski definition) is 2. The highest BCUT2D eigenvalue weighted by atomic mass is 16.1. The minimum Gasteiger partial charge on any atom is -0.368 e. The van der Waals surface area contributed by atoms with Gasteiger partial charge in [0, 0.05) is 18.1 Å². The van der Waals surface area contributed by atoms with Crippen LogP contribution < -0.4 is 11.1 Å². The molecule has 0 spiro atoms. The van der Waals surface area contributed by atoms with Crippen molar-refractivity contribution in [3.8, 4) is 0 Å². The van der Waals surface area contributed by atoms with Crippen LogP contribution in [0.3, 0.4) is 0 Å². The maximum atomic E-state index is 11.9. The van der Waals surface area contributed by atoms with E-state index in [2.05, 4.69) is 37.9 Å². The van der Waals surface area contributed by atoms with E-state index >= 15 is 0 Å². The monoisotopic (exact) mass is 297 g/mol. The first-order valence-corrected chi connectivity index (χ1v) is 8.67. The molecule has 3 atom stereocenters. The molecular formula is C17H35N3O. The highest BCUT2D eigenvalue weighted by Crippen LogP contribution is 2.26. The molecule has 0 bridgehead atoms. The van der Waals surface area contributed by atoms with E-state index in [-0.39, 0.29) is 5.91 Å². The van der Waals surface area contributed by atoms with Crippen molar-refractivity contribution in [2.45, 2.75) is 96.8 Å². The third kappa shape index (κ3) is 5.59. The molecule has 1 amide bonds. The Labute approximate surface area is 130 Å². The van der Waals surface area contributed by atoms with Gasteiger partial charge in [0.2, 0.25) is 5.91 Å². The minimum atomic E-state index is -0.585. The molecule has 1 rings (SSSR count). The van der Waals surface area contributed by atoms with Crippen LogP contribution >= 0.6 is 0 Å². The van der Waals surface area contributed by atoms with Crippen LogP contribution in [0.1, 0.15) is 73.1 Å². The van der Waals surface area contributed by atoms with Gasteiger partial charge in [-0.1, -0.05) is 20.3 Å². The van der Waals surface area contributed by atoms with E-state index in [0.29, 0.717) is 18.1 Å². The summed E-state index contributed by atoms with van der Waals surface area (Å²) in [6.07, 6.45) is 6.67. The van der Waals surface area contributed by atoms with Crippen LogP contribution in [0.2, 0.25) is 0 Å². The SMILES string of the molecule is CCCCN(C(C)CC)C(C)CC(C)(NC1CC1)C(N)=O. The molecule has 0 radical (unpaired) electrons. The minimum absolute atomic E-state index is 0.221. The van der Waals surface area contributed by atoms with Gasteiger partial charge < -0.3 is 11.1 Å². The second-order valence-corrected chi connectivity index (χ2v) is 7.02. The number of nitrogens with one attached hydrogen (secondary N) is 1. The van der Waals surface area contributed by atoms with Crippen molar-refractivity contribution < 1.29 is 4.79 Å². The number of nitrogens with two attached hydrogens (primary N) is 1. The number of carbonyl (C=O) groups is 1. The second-order valence-electron chi connectivity index (χ2n) is 7.02. The fraction of sp³-hybridized carbons (Fsp3) is 0.941. The summed E-state index contributed by atoms with van der Waals surface area (Å²) < 4.78 is 0. The van der Waals surface area contributed by atoms with Gasteiger partial charge in [0.05, 0.1) is 5.54 Å². The summed E-state index contributed by atoms with van der Waals surface area (Å²) in [5.74, 6) is -0.221. The molecule has 21 heavy (non-hydrogen) atoms. The van der Waals surface area contributed by atoms with E-state index < -0.39 is 5.54 Å². The van der Waals surface area contributed by atoms with Crippen LogP contribution in [-0.2, 0) is 4.79 Å². The van der Waals surface area contributed by atoms with Crippen molar-refractivity contribution in [3.63, 3.8) is 0 Å². The first kappa shape index (κ1) is 18.4. The van der Waals surface area contributed by atoms with Crippen LogP contribution in [-0.4, -0.2) is 41.0 Å². The molecule has 0 aromatic carbocycles. The summed E-state index contributed by atoms with van der Waals surface area (Å²) in [4.78, 5) is 14.5. The predicted molar refractivity (Wildman–Crippen MR) is 89.2 cm³/mol. The van der Waals surface area contributed by atoms with Gasteiger partial charge in [0.15, 0.2) is 0 Å². The van der Waals surface area contributed by atoms with Gasteiger partial charge in [0.25, 0.3) is 0 Å². The Hall–Kier alpha value is -0.610. The zero-order valence-electron chi connectivity index (χ0n) is 14.6. The molecule has 1 saturated carbocycles. The summed E-state index contributed by atoms with van der Waals surface area (Å²) in [5.41, 5.74) is 5.10. The van der Waals surface area contributed by atoms with Crippen molar-refractivity contribution in [1.82, 2.24) is 10.2 Å². The zero-order valence-corrected chi connectivity index (χ0v) is 14.6. The topological polar surface area (TPSA) is 58.4 Å². The molecule has 0 aliphatic heterocycles. The lowest BCUT2D eigenvalue weighted by molar-refractivity contribution is -0.124. The Morgan fingerprint density at radius 1 is 1.33 bits per heavy atom. The van der Waals surface area contributed by atoms with Crippen molar-refractivity contribution >= 4 is 5.91 Å². The van der Waals surface area contributed by atoms with E-state index in [1.165, 1.54) is 25.7 Å². The third-order valence-electron chi connectivity index (χ3n) is 4.84. The summed E-state index contributed by atoms with van der Waals surface area (Å²) in [6, 6.07) is 1.39. The lowest BCUT2D eigenvalue weighted by atomic mass is 9.91. The predicted octanol–water partition coefficient (Wildman–Crippen LogP) is 2.66. The molecule has 3 N–H and O–H groups in total. The highest BCUT2D eigenvalue weighted by molar-refractivity contribution is 5.84. The molecule has 124 valence electrons.